The molecule has 0 saturated carbocycles. The first-order valence-electron chi connectivity index (χ1n) is 8.78. The van der Waals surface area contributed by atoms with E-state index in [-0.39, 0.29) is 24.4 Å². The largest absolute Gasteiger partial charge is 0.316 e. The number of nitrogens with one attached hydrogen (secondary N) is 1. The Hall–Kier alpha value is -2.84. The van der Waals surface area contributed by atoms with Gasteiger partial charge in [0.1, 0.15) is 15.5 Å². The first-order valence-corrected chi connectivity index (χ1v) is 10.5. The Kier molecular flexibility index (Phi) is 5.06. The van der Waals surface area contributed by atoms with E-state index in [4.69, 9.17) is 0 Å². The van der Waals surface area contributed by atoms with Gasteiger partial charge in [-0.1, -0.05) is 30.3 Å². The number of carbonyl (C=O) groups excluding carboxylic acids is 1. The molecule has 1 amide bonds. The molecule has 3 aromatic heterocycles. The van der Waals surface area contributed by atoms with Gasteiger partial charge in [0.15, 0.2) is 0 Å². The van der Waals surface area contributed by atoms with Crippen LogP contribution in [0.1, 0.15) is 16.9 Å². The summed E-state index contributed by atoms with van der Waals surface area (Å²) in [6.07, 6.45) is 1.71. The van der Waals surface area contributed by atoms with Gasteiger partial charge in [0.25, 0.3) is 5.56 Å². The second kappa shape index (κ2) is 7.65. The first-order chi connectivity index (χ1) is 13.5. The number of aryl methyl sites for hydroxylation is 3. The van der Waals surface area contributed by atoms with Crippen LogP contribution >= 0.6 is 22.7 Å². The van der Waals surface area contributed by atoms with Crippen LogP contribution in [0.2, 0.25) is 0 Å². The van der Waals surface area contributed by atoms with Crippen molar-refractivity contribution in [3.8, 4) is 11.3 Å². The maximum absolute atomic E-state index is 12.7. The zero-order valence-electron chi connectivity index (χ0n) is 15.4. The van der Waals surface area contributed by atoms with Gasteiger partial charge in [0.2, 0.25) is 5.91 Å². The summed E-state index contributed by atoms with van der Waals surface area (Å²) in [4.78, 5) is 35.7. The summed E-state index contributed by atoms with van der Waals surface area (Å²) in [5.41, 5.74) is 4.29. The minimum Gasteiger partial charge on any atom is -0.316 e. The molecule has 142 valence electrons. The summed E-state index contributed by atoms with van der Waals surface area (Å²) in [6, 6.07) is 9.72. The first kappa shape index (κ1) is 18.5. The maximum Gasteiger partial charge on any atom is 0.262 e. The van der Waals surface area contributed by atoms with Gasteiger partial charge in [-0.15, -0.1) is 22.7 Å². The van der Waals surface area contributed by atoms with Gasteiger partial charge < -0.3 is 5.32 Å². The van der Waals surface area contributed by atoms with Crippen LogP contribution in [0.4, 0.5) is 5.00 Å². The van der Waals surface area contributed by atoms with E-state index in [9.17, 15) is 9.59 Å². The molecule has 8 heteroatoms. The highest BCUT2D eigenvalue weighted by atomic mass is 32.1. The topological polar surface area (TPSA) is 76.9 Å². The normalized spacial score (nSPS) is 11.1. The maximum atomic E-state index is 12.7. The fraction of sp³-hybridized carbons (Fsp3) is 0.200. The number of thiazole rings is 1. The molecule has 0 radical (unpaired) electrons. The predicted octanol–water partition coefficient (Wildman–Crippen LogP) is 4.23. The van der Waals surface area contributed by atoms with Gasteiger partial charge in [-0.05, 0) is 19.4 Å². The molecule has 0 bridgehead atoms. The molecule has 1 aromatic carbocycles. The Morgan fingerprint density at radius 3 is 2.75 bits per heavy atom. The number of carbonyl (C=O) groups is 1. The van der Waals surface area contributed by atoms with Crippen molar-refractivity contribution < 1.29 is 4.79 Å². The molecule has 4 rings (SSSR count). The molecule has 1 N–H and O–H groups in total. The molecule has 4 aromatic rings. The third-order valence-electron chi connectivity index (χ3n) is 4.60. The fourth-order valence-corrected chi connectivity index (χ4v) is 4.68. The van der Waals surface area contributed by atoms with Gasteiger partial charge in [0.05, 0.1) is 17.2 Å². The molecule has 0 aliphatic heterocycles. The number of hydrogen-bond acceptors (Lipinski definition) is 6. The zero-order chi connectivity index (χ0) is 19.7. The third kappa shape index (κ3) is 3.48. The summed E-state index contributed by atoms with van der Waals surface area (Å²) in [6.45, 7) is 4.20. The fourth-order valence-electron chi connectivity index (χ4n) is 2.98. The molecule has 0 spiro atoms. The Bertz CT molecular complexity index is 1210. The summed E-state index contributed by atoms with van der Waals surface area (Å²) in [7, 11) is 0. The molecule has 28 heavy (non-hydrogen) atoms. The highest BCUT2D eigenvalue weighted by Crippen LogP contribution is 2.30. The van der Waals surface area contributed by atoms with E-state index in [2.05, 4.69) is 15.3 Å². The van der Waals surface area contributed by atoms with E-state index < -0.39 is 0 Å². The molecule has 6 nitrogen and oxygen atoms in total. The molecule has 0 atom stereocenters. The number of hydrogen-bond donors (Lipinski definition) is 1. The summed E-state index contributed by atoms with van der Waals surface area (Å²) < 4.78 is 1.51. The number of amides is 1. The molecule has 0 saturated heterocycles. The van der Waals surface area contributed by atoms with E-state index in [1.54, 1.807) is 5.51 Å². The van der Waals surface area contributed by atoms with E-state index in [1.165, 1.54) is 33.6 Å². The van der Waals surface area contributed by atoms with Crippen LogP contribution in [-0.4, -0.2) is 20.4 Å². The second-order valence-electron chi connectivity index (χ2n) is 6.40. The van der Waals surface area contributed by atoms with E-state index in [0.717, 1.165) is 26.5 Å². The van der Waals surface area contributed by atoms with Crippen molar-refractivity contribution in [3.63, 3.8) is 0 Å². The van der Waals surface area contributed by atoms with Crippen LogP contribution in [0.25, 0.3) is 21.5 Å². The zero-order valence-corrected chi connectivity index (χ0v) is 17.1. The van der Waals surface area contributed by atoms with Crippen LogP contribution in [-0.2, 0) is 11.3 Å². The van der Waals surface area contributed by atoms with Gasteiger partial charge >= 0.3 is 0 Å². The minimum atomic E-state index is -0.161. The third-order valence-corrected chi connectivity index (χ3v) is 6.46. The number of anilines is 1. The lowest BCUT2D eigenvalue weighted by molar-refractivity contribution is -0.116. The van der Waals surface area contributed by atoms with Crippen LogP contribution in [0.5, 0.6) is 0 Å². The van der Waals surface area contributed by atoms with Crippen molar-refractivity contribution in [2.75, 3.05) is 5.32 Å². The van der Waals surface area contributed by atoms with E-state index in [1.807, 2.05) is 44.2 Å². The Balaban J connectivity index is 1.48. The summed E-state index contributed by atoms with van der Waals surface area (Å²) >= 11 is 2.90. The molecular formula is C20H18N4O2S2. The van der Waals surface area contributed by atoms with Crippen molar-refractivity contribution in [2.45, 2.75) is 26.8 Å². The molecule has 3 heterocycles. The van der Waals surface area contributed by atoms with Crippen LogP contribution in [0.3, 0.4) is 0 Å². The van der Waals surface area contributed by atoms with Crippen molar-refractivity contribution in [3.05, 3.63) is 63.0 Å². The van der Waals surface area contributed by atoms with Crippen LogP contribution in [0.15, 0.2) is 47.0 Å². The van der Waals surface area contributed by atoms with Gasteiger partial charge in [-0.3, -0.25) is 14.2 Å². The smallest absolute Gasteiger partial charge is 0.262 e. The van der Waals surface area contributed by atoms with Crippen LogP contribution in [0, 0.1) is 13.8 Å². The lowest BCUT2D eigenvalue weighted by atomic mass is 10.2. The van der Waals surface area contributed by atoms with Gasteiger partial charge in [-0.2, -0.15) is 0 Å². The highest BCUT2D eigenvalue weighted by molar-refractivity contribution is 7.18. The Morgan fingerprint density at radius 2 is 1.96 bits per heavy atom. The van der Waals surface area contributed by atoms with Crippen molar-refractivity contribution in [2.24, 2.45) is 0 Å². The van der Waals surface area contributed by atoms with E-state index >= 15 is 0 Å². The lowest BCUT2D eigenvalue weighted by Crippen LogP contribution is -2.23. The second-order valence-corrected chi connectivity index (χ2v) is 8.46. The standard InChI is InChI=1S/C20H18N4O2S2/c1-12-13(2)28-18-16(12)20(26)24(10-21-18)9-8-15(25)23-19-17(22-11-27-19)14-6-4-3-5-7-14/h3-7,10-11H,8-9H2,1-2H3,(H,23,25). The number of aromatic nitrogens is 3. The number of benzene rings is 1. The van der Waals surface area contributed by atoms with Crippen molar-refractivity contribution in [1.29, 1.82) is 0 Å². The predicted molar refractivity (Wildman–Crippen MR) is 114 cm³/mol. The summed E-state index contributed by atoms with van der Waals surface area (Å²) in [5.74, 6) is -0.161. The summed E-state index contributed by atoms with van der Waals surface area (Å²) in [5, 5.41) is 4.28. The SMILES string of the molecule is Cc1sc2ncn(CCC(=O)Nc3scnc3-c3ccccc3)c(=O)c2c1C. The number of thiophene rings is 1. The number of nitrogens with zero attached hydrogens (tertiary/aromatic N) is 3. The average molecular weight is 411 g/mol. The van der Waals surface area contributed by atoms with Crippen molar-refractivity contribution >= 4 is 43.8 Å². The van der Waals surface area contributed by atoms with Crippen LogP contribution < -0.4 is 10.9 Å². The average Bonchev–Trinajstić information content (AvgIpc) is 3.27. The molecule has 0 aliphatic rings. The Morgan fingerprint density at radius 1 is 1.18 bits per heavy atom. The van der Waals surface area contributed by atoms with Gasteiger partial charge in [-0.25, -0.2) is 9.97 Å². The molecule has 0 aliphatic carbocycles. The molecule has 0 unspecified atom stereocenters. The monoisotopic (exact) mass is 410 g/mol. The lowest BCUT2D eigenvalue weighted by Gasteiger charge is -2.07. The minimum absolute atomic E-state index is 0.0950. The quantitative estimate of drug-likeness (QED) is 0.534. The number of rotatable bonds is 5. The molecule has 0 fully saturated rings. The molecular weight excluding hydrogens is 392 g/mol. The highest BCUT2D eigenvalue weighted by Gasteiger charge is 2.14. The Labute approximate surface area is 169 Å². The van der Waals surface area contributed by atoms with Crippen molar-refractivity contribution in [1.82, 2.24) is 14.5 Å². The van der Waals surface area contributed by atoms with Gasteiger partial charge in [0, 0.05) is 23.4 Å². The van der Waals surface area contributed by atoms with E-state index in [0.29, 0.717) is 10.4 Å². The number of fused-ring (bicyclic) bond motifs is 1.